The van der Waals surface area contributed by atoms with E-state index in [1.54, 1.807) is 0 Å². The summed E-state index contributed by atoms with van der Waals surface area (Å²) in [4.78, 5) is 17.0. The quantitative estimate of drug-likeness (QED) is 0.520. The Morgan fingerprint density at radius 3 is 2.57 bits per heavy atom. The van der Waals surface area contributed by atoms with E-state index in [4.69, 9.17) is 22.1 Å². The van der Waals surface area contributed by atoms with Crippen LogP contribution in [0, 0.1) is 0 Å². The Morgan fingerprint density at radius 1 is 1.10 bits per heavy atom. The Kier molecular flexibility index (Phi) is 6.46. The molecule has 0 spiro atoms. The van der Waals surface area contributed by atoms with E-state index in [1.165, 1.54) is 5.56 Å². The maximum atomic E-state index is 12.6. The van der Waals surface area contributed by atoms with Gasteiger partial charge in [-0.1, -0.05) is 54.1 Å². The number of nitrogens with two attached hydrogens (primary N) is 1. The molecule has 1 aliphatic rings. The number of rotatable bonds is 6. The number of carbonyl (C=O) groups is 1. The number of aromatic nitrogens is 1. The molecule has 2 N–H and O–H groups in total. The number of nitrogen functional groups attached to an aromatic ring is 1. The Labute approximate surface area is 182 Å². The van der Waals surface area contributed by atoms with Gasteiger partial charge >= 0.3 is 0 Å². The van der Waals surface area contributed by atoms with Gasteiger partial charge in [-0.15, -0.1) is 0 Å². The smallest absolute Gasteiger partial charge is 0.163 e. The third-order valence-electron chi connectivity index (χ3n) is 5.73. The molecule has 1 fully saturated rings. The molecule has 0 radical (unpaired) electrons. The number of ether oxygens (including phenoxy) is 1. The van der Waals surface area contributed by atoms with E-state index in [0.717, 1.165) is 42.7 Å². The van der Waals surface area contributed by atoms with Crippen LogP contribution < -0.4 is 5.73 Å². The van der Waals surface area contributed by atoms with Gasteiger partial charge in [-0.25, -0.2) is 4.98 Å². The van der Waals surface area contributed by atoms with Gasteiger partial charge in [-0.05, 0) is 54.0 Å². The molecular weight excluding hydrogens is 396 g/mol. The number of pyridine rings is 1. The minimum Gasteiger partial charge on any atom is -0.383 e. The van der Waals surface area contributed by atoms with Crippen molar-refractivity contribution in [1.29, 1.82) is 0 Å². The average molecular weight is 421 g/mol. The summed E-state index contributed by atoms with van der Waals surface area (Å²) in [6.07, 6.45) is 4.94. The fourth-order valence-corrected chi connectivity index (χ4v) is 4.14. The van der Waals surface area contributed by atoms with Crippen LogP contribution in [0.5, 0.6) is 0 Å². The average Bonchev–Trinajstić information content (AvgIpc) is 2.79. The van der Waals surface area contributed by atoms with Gasteiger partial charge in [-0.3, -0.25) is 4.79 Å². The van der Waals surface area contributed by atoms with Crippen molar-refractivity contribution in [3.8, 4) is 11.1 Å². The van der Waals surface area contributed by atoms with Gasteiger partial charge < -0.3 is 10.5 Å². The topological polar surface area (TPSA) is 65.2 Å². The van der Waals surface area contributed by atoms with Crippen molar-refractivity contribution in [3.05, 3.63) is 82.5 Å². The number of anilines is 1. The van der Waals surface area contributed by atoms with E-state index in [0.29, 0.717) is 35.2 Å². The highest BCUT2D eigenvalue weighted by atomic mass is 35.5. The summed E-state index contributed by atoms with van der Waals surface area (Å²) in [6, 6.07) is 17.4. The second kappa shape index (κ2) is 9.41. The van der Waals surface area contributed by atoms with Crippen molar-refractivity contribution < 1.29 is 9.53 Å². The van der Waals surface area contributed by atoms with E-state index in [-0.39, 0.29) is 5.78 Å². The first-order valence-corrected chi connectivity index (χ1v) is 10.7. The van der Waals surface area contributed by atoms with Crippen LogP contribution in [0.25, 0.3) is 11.1 Å². The molecule has 5 heteroatoms. The van der Waals surface area contributed by atoms with Crippen molar-refractivity contribution in [3.63, 3.8) is 0 Å². The summed E-state index contributed by atoms with van der Waals surface area (Å²) in [5.41, 5.74) is 10.9. The van der Waals surface area contributed by atoms with Gasteiger partial charge in [-0.2, -0.15) is 0 Å². The van der Waals surface area contributed by atoms with Gasteiger partial charge in [0.05, 0.1) is 0 Å². The van der Waals surface area contributed by atoms with E-state index in [2.05, 4.69) is 11.1 Å². The summed E-state index contributed by atoms with van der Waals surface area (Å²) in [6.45, 7) is 1.57. The lowest BCUT2D eigenvalue weighted by atomic mass is 9.91. The van der Waals surface area contributed by atoms with Crippen LogP contribution in [0.1, 0.15) is 46.7 Å². The molecule has 1 aliphatic heterocycles. The first kappa shape index (κ1) is 20.6. The van der Waals surface area contributed by atoms with Gasteiger partial charge in [0, 0.05) is 42.0 Å². The standard InChI is InChI=1S/C25H25ClN2O2/c26-23-4-2-1-3-19(23)9-10-24(29)20-7-5-18(6-8-20)22-15-21(16-28-25(22)27)17-11-13-30-14-12-17/h1-8,15-17H,9-14H2,(H2,27,28). The molecule has 4 rings (SSSR count). The van der Waals surface area contributed by atoms with Crippen LogP contribution >= 0.6 is 11.6 Å². The lowest BCUT2D eigenvalue weighted by Gasteiger charge is -2.22. The zero-order chi connectivity index (χ0) is 20.9. The third-order valence-corrected chi connectivity index (χ3v) is 6.10. The molecule has 0 saturated carbocycles. The van der Waals surface area contributed by atoms with E-state index in [9.17, 15) is 4.79 Å². The van der Waals surface area contributed by atoms with E-state index < -0.39 is 0 Å². The molecule has 0 atom stereocenters. The molecule has 1 aromatic heterocycles. The van der Waals surface area contributed by atoms with Crippen LogP contribution in [-0.2, 0) is 11.2 Å². The SMILES string of the molecule is Nc1ncc(C2CCOCC2)cc1-c1ccc(C(=O)CCc2ccccc2Cl)cc1. The second-order valence-electron chi connectivity index (χ2n) is 7.68. The number of benzene rings is 2. The summed E-state index contributed by atoms with van der Waals surface area (Å²) >= 11 is 6.19. The minimum absolute atomic E-state index is 0.100. The predicted octanol–water partition coefficient (Wildman–Crippen LogP) is 5.69. The van der Waals surface area contributed by atoms with Gasteiger partial charge in [0.1, 0.15) is 5.82 Å². The number of Topliss-reactive ketones (excluding diaryl/α,β-unsaturated/α-hetero) is 1. The summed E-state index contributed by atoms with van der Waals surface area (Å²) in [7, 11) is 0. The van der Waals surface area contributed by atoms with Crippen LogP contribution in [0.3, 0.4) is 0 Å². The van der Waals surface area contributed by atoms with Crippen molar-refractivity contribution in [1.82, 2.24) is 4.98 Å². The first-order chi connectivity index (χ1) is 14.6. The Balaban J connectivity index is 1.48. The van der Waals surface area contributed by atoms with Crippen molar-refractivity contribution in [2.45, 2.75) is 31.6 Å². The highest BCUT2D eigenvalue weighted by Crippen LogP contribution is 2.32. The molecule has 4 nitrogen and oxygen atoms in total. The predicted molar refractivity (Wildman–Crippen MR) is 121 cm³/mol. The summed E-state index contributed by atoms with van der Waals surface area (Å²) in [5, 5.41) is 0.702. The molecule has 1 saturated heterocycles. The fraction of sp³-hybridized carbons (Fsp3) is 0.280. The number of hydrogen-bond donors (Lipinski definition) is 1. The molecule has 3 aromatic rings. The van der Waals surface area contributed by atoms with Crippen molar-refractivity contribution in [2.75, 3.05) is 18.9 Å². The molecule has 30 heavy (non-hydrogen) atoms. The van der Waals surface area contributed by atoms with Crippen LogP contribution in [-0.4, -0.2) is 24.0 Å². The number of carbonyl (C=O) groups excluding carboxylic acids is 1. The van der Waals surface area contributed by atoms with Crippen molar-refractivity contribution >= 4 is 23.2 Å². The molecule has 0 aliphatic carbocycles. The highest BCUT2D eigenvalue weighted by Gasteiger charge is 2.18. The Hall–Kier alpha value is -2.69. The maximum Gasteiger partial charge on any atom is 0.163 e. The van der Waals surface area contributed by atoms with E-state index >= 15 is 0 Å². The Morgan fingerprint density at radius 2 is 1.83 bits per heavy atom. The van der Waals surface area contributed by atoms with E-state index in [1.807, 2.05) is 54.7 Å². The number of nitrogens with zero attached hydrogens (tertiary/aromatic N) is 1. The zero-order valence-electron chi connectivity index (χ0n) is 16.8. The maximum absolute atomic E-state index is 12.6. The van der Waals surface area contributed by atoms with Gasteiger partial charge in [0.15, 0.2) is 5.78 Å². The second-order valence-corrected chi connectivity index (χ2v) is 8.09. The third kappa shape index (κ3) is 4.72. The summed E-state index contributed by atoms with van der Waals surface area (Å²) < 4.78 is 5.47. The van der Waals surface area contributed by atoms with Crippen LogP contribution in [0.15, 0.2) is 60.8 Å². The number of halogens is 1. The lowest BCUT2D eigenvalue weighted by Crippen LogP contribution is -2.14. The molecule has 2 heterocycles. The van der Waals surface area contributed by atoms with Crippen LogP contribution in [0.4, 0.5) is 5.82 Å². The zero-order valence-corrected chi connectivity index (χ0v) is 17.6. The first-order valence-electron chi connectivity index (χ1n) is 10.3. The van der Waals surface area contributed by atoms with Crippen LogP contribution in [0.2, 0.25) is 5.02 Å². The molecule has 0 unspecified atom stereocenters. The normalized spacial score (nSPS) is 14.6. The molecule has 2 aromatic carbocycles. The fourth-order valence-electron chi connectivity index (χ4n) is 3.91. The van der Waals surface area contributed by atoms with Crippen molar-refractivity contribution in [2.24, 2.45) is 0 Å². The van der Waals surface area contributed by atoms with Gasteiger partial charge in [0.2, 0.25) is 0 Å². The summed E-state index contributed by atoms with van der Waals surface area (Å²) in [5.74, 6) is 1.06. The monoisotopic (exact) mass is 420 g/mol. The number of hydrogen-bond acceptors (Lipinski definition) is 4. The molecular formula is C25H25ClN2O2. The molecule has 154 valence electrons. The molecule has 0 amide bonds. The minimum atomic E-state index is 0.100. The largest absolute Gasteiger partial charge is 0.383 e. The Bertz CT molecular complexity index is 1030. The van der Waals surface area contributed by atoms with Gasteiger partial charge in [0.25, 0.3) is 0 Å². The lowest BCUT2D eigenvalue weighted by molar-refractivity contribution is 0.0853. The molecule has 0 bridgehead atoms. The number of ketones is 1. The highest BCUT2D eigenvalue weighted by molar-refractivity contribution is 6.31. The number of aryl methyl sites for hydroxylation is 1.